The lowest BCUT2D eigenvalue weighted by atomic mass is 10.1. The minimum Gasteiger partial charge on any atom is -0.465 e. The topological polar surface area (TPSA) is 76.4 Å². The molecular weight excluding hydrogens is 278 g/mol. The van der Waals surface area contributed by atoms with Crippen LogP contribution in [0.15, 0.2) is 53.2 Å². The third-order valence-corrected chi connectivity index (χ3v) is 3.00. The number of nitrogens with one attached hydrogen (secondary N) is 1. The van der Waals surface area contributed by atoms with Gasteiger partial charge in [0.1, 0.15) is 5.76 Å². The molecule has 6 heteroatoms. The zero-order chi connectivity index (χ0) is 14.6. The number of benzene rings is 1. The monoisotopic (exact) mass is 291 g/mol. The zero-order valence-corrected chi connectivity index (χ0v) is 11.6. The summed E-state index contributed by atoms with van der Waals surface area (Å²) in [6, 6.07) is 9.74. The summed E-state index contributed by atoms with van der Waals surface area (Å²) in [7, 11) is -3.36. The summed E-state index contributed by atoms with van der Waals surface area (Å²) < 4.78 is 29.7. The first-order valence-corrected chi connectivity index (χ1v) is 7.67. The summed E-state index contributed by atoms with van der Waals surface area (Å²) in [6.07, 6.45) is 5.50. The van der Waals surface area contributed by atoms with Gasteiger partial charge in [0.25, 0.3) is 0 Å². The number of carbonyl (C=O) groups is 1. The fourth-order valence-corrected chi connectivity index (χ4v) is 2.15. The lowest BCUT2D eigenvalue weighted by Crippen LogP contribution is -2.10. The fraction of sp³-hybridized carbons (Fsp3) is 0.0714. The zero-order valence-electron chi connectivity index (χ0n) is 10.7. The second-order valence-electron chi connectivity index (χ2n) is 4.17. The number of hydrogen-bond acceptors (Lipinski definition) is 4. The van der Waals surface area contributed by atoms with E-state index >= 15 is 0 Å². The molecule has 0 radical (unpaired) electrons. The van der Waals surface area contributed by atoms with Crippen LogP contribution in [-0.4, -0.2) is 20.5 Å². The van der Waals surface area contributed by atoms with Crippen LogP contribution in [0.1, 0.15) is 16.1 Å². The van der Waals surface area contributed by atoms with Crippen LogP contribution in [0.2, 0.25) is 0 Å². The van der Waals surface area contributed by atoms with Gasteiger partial charge < -0.3 is 4.42 Å². The molecule has 1 heterocycles. The Morgan fingerprint density at radius 2 is 2.05 bits per heavy atom. The maximum Gasteiger partial charge on any atom is 0.229 e. The van der Waals surface area contributed by atoms with Crippen molar-refractivity contribution < 1.29 is 17.6 Å². The molecule has 1 aromatic carbocycles. The van der Waals surface area contributed by atoms with Crippen LogP contribution >= 0.6 is 0 Å². The van der Waals surface area contributed by atoms with Crippen molar-refractivity contribution in [3.05, 3.63) is 60.1 Å². The average molecular weight is 291 g/mol. The van der Waals surface area contributed by atoms with Crippen molar-refractivity contribution in [1.82, 2.24) is 0 Å². The van der Waals surface area contributed by atoms with E-state index in [1.54, 1.807) is 36.4 Å². The summed E-state index contributed by atoms with van der Waals surface area (Å²) >= 11 is 0. The highest BCUT2D eigenvalue weighted by Gasteiger charge is 2.06. The van der Waals surface area contributed by atoms with Crippen molar-refractivity contribution in [2.24, 2.45) is 0 Å². The highest BCUT2D eigenvalue weighted by molar-refractivity contribution is 7.92. The van der Waals surface area contributed by atoms with E-state index in [0.29, 0.717) is 17.0 Å². The van der Waals surface area contributed by atoms with E-state index in [-0.39, 0.29) is 5.78 Å². The SMILES string of the molecule is CS(=O)(=O)Nc1cccc(C(=O)/C=C/c2ccco2)c1. The smallest absolute Gasteiger partial charge is 0.229 e. The molecule has 0 amide bonds. The van der Waals surface area contributed by atoms with Gasteiger partial charge in [0, 0.05) is 11.3 Å². The van der Waals surface area contributed by atoms with Crippen molar-refractivity contribution in [2.75, 3.05) is 11.0 Å². The van der Waals surface area contributed by atoms with Crippen LogP contribution < -0.4 is 4.72 Å². The summed E-state index contributed by atoms with van der Waals surface area (Å²) in [5.41, 5.74) is 0.742. The van der Waals surface area contributed by atoms with Gasteiger partial charge in [-0.05, 0) is 36.4 Å². The number of anilines is 1. The van der Waals surface area contributed by atoms with Crippen LogP contribution in [0.4, 0.5) is 5.69 Å². The van der Waals surface area contributed by atoms with Crippen molar-refractivity contribution >= 4 is 27.6 Å². The van der Waals surface area contributed by atoms with E-state index in [4.69, 9.17) is 4.42 Å². The Labute approximate surface area is 117 Å². The van der Waals surface area contributed by atoms with Crippen molar-refractivity contribution in [1.29, 1.82) is 0 Å². The highest BCUT2D eigenvalue weighted by atomic mass is 32.2. The second-order valence-corrected chi connectivity index (χ2v) is 5.92. The standard InChI is InChI=1S/C14H13NO4S/c1-20(17,18)15-12-5-2-4-11(10-12)14(16)8-7-13-6-3-9-19-13/h2-10,15H,1H3/b8-7+. The highest BCUT2D eigenvalue weighted by Crippen LogP contribution is 2.13. The first-order valence-electron chi connectivity index (χ1n) is 5.78. The third kappa shape index (κ3) is 4.10. The van der Waals surface area contributed by atoms with Crippen LogP contribution in [0, 0.1) is 0 Å². The van der Waals surface area contributed by atoms with Gasteiger partial charge in [-0.25, -0.2) is 8.42 Å². The Morgan fingerprint density at radius 3 is 2.70 bits per heavy atom. The number of furan rings is 1. The molecule has 2 rings (SSSR count). The minimum absolute atomic E-state index is 0.237. The molecule has 0 aliphatic carbocycles. The molecule has 5 nitrogen and oxygen atoms in total. The normalized spacial score (nSPS) is 11.7. The van der Waals surface area contributed by atoms with Gasteiger partial charge >= 0.3 is 0 Å². The summed E-state index contributed by atoms with van der Waals surface area (Å²) in [6.45, 7) is 0. The van der Waals surface area contributed by atoms with Crippen molar-refractivity contribution in [3.63, 3.8) is 0 Å². The second kappa shape index (κ2) is 5.75. The number of allylic oxidation sites excluding steroid dienone is 1. The minimum atomic E-state index is -3.36. The van der Waals surface area contributed by atoms with Gasteiger partial charge in [-0.15, -0.1) is 0 Å². The summed E-state index contributed by atoms with van der Waals surface area (Å²) in [5.74, 6) is 0.335. The molecule has 2 aromatic rings. The van der Waals surface area contributed by atoms with Gasteiger partial charge in [0.15, 0.2) is 5.78 Å². The van der Waals surface area contributed by atoms with Crippen molar-refractivity contribution in [3.8, 4) is 0 Å². The molecular formula is C14H13NO4S. The molecule has 0 saturated heterocycles. The van der Waals surface area contributed by atoms with E-state index in [1.807, 2.05) is 0 Å². The van der Waals surface area contributed by atoms with Crippen LogP contribution in [-0.2, 0) is 10.0 Å². The number of carbonyl (C=O) groups excluding carboxylic acids is 1. The number of ketones is 1. The fourth-order valence-electron chi connectivity index (χ4n) is 1.59. The van der Waals surface area contributed by atoms with Crippen molar-refractivity contribution in [2.45, 2.75) is 0 Å². The largest absolute Gasteiger partial charge is 0.465 e. The molecule has 0 saturated carbocycles. The van der Waals surface area contributed by atoms with Gasteiger partial charge in [-0.1, -0.05) is 12.1 Å². The predicted octanol–water partition coefficient (Wildman–Crippen LogP) is 2.55. The average Bonchev–Trinajstić information content (AvgIpc) is 2.87. The Bertz CT molecular complexity index is 730. The maximum atomic E-state index is 12.0. The Kier molecular flexibility index (Phi) is 4.05. The first kappa shape index (κ1) is 14.1. The van der Waals surface area contributed by atoms with E-state index in [9.17, 15) is 13.2 Å². The lowest BCUT2D eigenvalue weighted by molar-refractivity contribution is 0.104. The molecule has 0 spiro atoms. The van der Waals surface area contributed by atoms with E-state index in [2.05, 4.69) is 4.72 Å². The molecule has 0 atom stereocenters. The third-order valence-electron chi connectivity index (χ3n) is 2.39. The molecule has 1 N–H and O–H groups in total. The van der Waals surface area contributed by atoms with E-state index < -0.39 is 10.0 Å². The Balaban J connectivity index is 2.16. The summed E-state index contributed by atoms with van der Waals surface area (Å²) in [5, 5.41) is 0. The van der Waals surface area contributed by atoms with E-state index in [0.717, 1.165) is 6.26 Å². The van der Waals surface area contributed by atoms with Gasteiger partial charge in [0.2, 0.25) is 10.0 Å². The molecule has 0 aliphatic heterocycles. The van der Waals surface area contributed by atoms with Crippen LogP contribution in [0.5, 0.6) is 0 Å². The molecule has 104 valence electrons. The Hall–Kier alpha value is -2.34. The van der Waals surface area contributed by atoms with Gasteiger partial charge in [-0.3, -0.25) is 9.52 Å². The maximum absolute atomic E-state index is 12.0. The Morgan fingerprint density at radius 1 is 1.25 bits per heavy atom. The summed E-state index contributed by atoms with van der Waals surface area (Å²) in [4.78, 5) is 12.0. The molecule has 20 heavy (non-hydrogen) atoms. The molecule has 0 bridgehead atoms. The molecule has 0 aliphatic rings. The number of hydrogen-bond donors (Lipinski definition) is 1. The van der Waals surface area contributed by atoms with E-state index in [1.165, 1.54) is 18.4 Å². The van der Waals surface area contributed by atoms with Gasteiger partial charge in [0.05, 0.1) is 12.5 Å². The number of rotatable bonds is 5. The predicted molar refractivity (Wildman–Crippen MR) is 77.0 cm³/mol. The molecule has 1 aromatic heterocycles. The lowest BCUT2D eigenvalue weighted by Gasteiger charge is -2.04. The molecule has 0 unspecified atom stereocenters. The quantitative estimate of drug-likeness (QED) is 0.678. The van der Waals surface area contributed by atoms with Gasteiger partial charge in [-0.2, -0.15) is 0 Å². The molecule has 0 fully saturated rings. The number of sulfonamides is 1. The first-order chi connectivity index (χ1) is 9.44. The van der Waals surface area contributed by atoms with Crippen LogP contribution in [0.3, 0.4) is 0 Å². The van der Waals surface area contributed by atoms with Crippen LogP contribution in [0.25, 0.3) is 6.08 Å².